The molecule has 10 heteroatoms. The molecule has 0 saturated carbocycles. The number of piperidine rings is 2. The van der Waals surface area contributed by atoms with Crippen molar-refractivity contribution in [2.45, 2.75) is 277 Å². The van der Waals surface area contributed by atoms with Crippen molar-refractivity contribution in [3.63, 3.8) is 0 Å². The SMILES string of the molecule is CC1(C)CC(C(CCCCCCCC(=O)O)(C(=O)O)C2CC(C)(C)N(OCCCCCCCCCCCCO)C(C)(C)C2)CC(C)(C)N1OCCCCCCCCCCCCO. The fraction of sp³-hybridized carbons (Fsp3) is 0.962. The van der Waals surface area contributed by atoms with E-state index in [0.29, 0.717) is 39.3 Å². The number of aliphatic carboxylic acids is 2. The van der Waals surface area contributed by atoms with Gasteiger partial charge in [0.05, 0.1) is 18.6 Å². The zero-order chi connectivity index (χ0) is 46.1. The summed E-state index contributed by atoms with van der Waals surface area (Å²) >= 11 is 0. The molecule has 2 aliphatic rings. The molecular formula is C52H100N2O8. The van der Waals surface area contributed by atoms with Gasteiger partial charge in [-0.25, -0.2) is 0 Å². The second-order valence-corrected chi connectivity index (χ2v) is 22.2. The molecule has 0 spiro atoms. The van der Waals surface area contributed by atoms with Crippen LogP contribution in [0, 0.1) is 17.3 Å². The Hall–Kier alpha value is -1.30. The van der Waals surface area contributed by atoms with Gasteiger partial charge in [-0.3, -0.25) is 19.3 Å². The highest BCUT2D eigenvalue weighted by molar-refractivity contribution is 5.76. The number of aliphatic hydroxyl groups excluding tert-OH is 2. The van der Waals surface area contributed by atoms with E-state index in [1.54, 1.807) is 0 Å². The quantitative estimate of drug-likeness (QED) is 0.0446. The third-order valence-corrected chi connectivity index (χ3v) is 14.6. The minimum Gasteiger partial charge on any atom is -0.481 e. The molecule has 0 unspecified atom stereocenters. The lowest BCUT2D eigenvalue weighted by Gasteiger charge is -2.61. The predicted octanol–water partition coefficient (Wildman–Crippen LogP) is 13.1. The van der Waals surface area contributed by atoms with Crippen molar-refractivity contribution in [3.8, 4) is 0 Å². The number of unbranched alkanes of at least 4 members (excludes halogenated alkanes) is 22. The van der Waals surface area contributed by atoms with Gasteiger partial charge < -0.3 is 20.4 Å². The van der Waals surface area contributed by atoms with Crippen LogP contribution in [0.4, 0.5) is 0 Å². The van der Waals surface area contributed by atoms with Gasteiger partial charge in [0, 0.05) is 41.8 Å². The lowest BCUT2D eigenvalue weighted by molar-refractivity contribution is -0.307. The Morgan fingerprint density at radius 3 is 1.02 bits per heavy atom. The van der Waals surface area contributed by atoms with E-state index in [-0.39, 0.29) is 40.4 Å². The fourth-order valence-corrected chi connectivity index (χ4v) is 11.9. The molecule has 2 saturated heterocycles. The van der Waals surface area contributed by atoms with E-state index in [9.17, 15) is 14.7 Å². The standard InChI is InChI=1S/C52H100N2O8/c1-48(2)40-44(41-49(3,4)53(48)61-38-32-26-19-15-11-9-13-17-24-30-36-55)52(47(59)60,35-29-23-21-22-28-34-46(57)58)45-42-50(5,6)54(51(7,8)43-45)62-39-33-27-20-16-12-10-14-18-25-31-37-56/h44-45,55-56H,9-43H2,1-8H3,(H,57,58)(H,59,60). The van der Waals surface area contributed by atoms with E-state index in [1.807, 2.05) is 0 Å². The van der Waals surface area contributed by atoms with Crippen LogP contribution < -0.4 is 0 Å². The van der Waals surface area contributed by atoms with Crippen molar-refractivity contribution in [2.24, 2.45) is 17.3 Å². The summed E-state index contributed by atoms with van der Waals surface area (Å²) in [6, 6.07) is 0. The van der Waals surface area contributed by atoms with Crippen molar-refractivity contribution in [1.29, 1.82) is 0 Å². The normalized spacial score (nSPS) is 19.6. The molecule has 0 atom stereocenters. The molecule has 0 aliphatic carbocycles. The van der Waals surface area contributed by atoms with Crippen LogP contribution in [0.3, 0.4) is 0 Å². The van der Waals surface area contributed by atoms with Gasteiger partial charge in [0.1, 0.15) is 0 Å². The summed E-state index contributed by atoms with van der Waals surface area (Å²) in [5.74, 6) is -1.48. The predicted molar refractivity (Wildman–Crippen MR) is 254 cm³/mol. The largest absolute Gasteiger partial charge is 0.481 e. The number of hydrogen-bond acceptors (Lipinski definition) is 8. The van der Waals surface area contributed by atoms with E-state index >= 15 is 0 Å². The first-order chi connectivity index (χ1) is 29.4. The highest BCUT2D eigenvalue weighted by Crippen LogP contribution is 2.58. The van der Waals surface area contributed by atoms with E-state index in [1.165, 1.54) is 77.0 Å². The molecule has 0 aromatic rings. The zero-order valence-corrected chi connectivity index (χ0v) is 41.7. The molecule has 366 valence electrons. The molecule has 2 heterocycles. The van der Waals surface area contributed by atoms with Crippen molar-refractivity contribution in [1.82, 2.24) is 10.1 Å². The van der Waals surface area contributed by atoms with Crippen molar-refractivity contribution < 1.29 is 39.7 Å². The lowest BCUT2D eigenvalue weighted by atomic mass is 9.52. The Morgan fingerprint density at radius 2 is 0.726 bits per heavy atom. The van der Waals surface area contributed by atoms with Crippen LogP contribution in [0.25, 0.3) is 0 Å². The molecule has 0 bridgehead atoms. The number of carboxylic acid groups (broad SMARTS) is 2. The van der Waals surface area contributed by atoms with Gasteiger partial charge in [0.15, 0.2) is 0 Å². The van der Waals surface area contributed by atoms with Gasteiger partial charge in [0.25, 0.3) is 0 Å². The first kappa shape index (κ1) is 56.8. The minimum absolute atomic E-state index is 0.0369. The molecule has 0 aromatic heterocycles. The molecule has 62 heavy (non-hydrogen) atoms. The Labute approximate surface area is 380 Å². The summed E-state index contributed by atoms with van der Waals surface area (Å²) in [5.41, 5.74) is -2.32. The van der Waals surface area contributed by atoms with E-state index in [4.69, 9.17) is 25.0 Å². The first-order valence-corrected chi connectivity index (χ1v) is 25.9. The maximum atomic E-state index is 14.3. The van der Waals surface area contributed by atoms with Crippen molar-refractivity contribution >= 4 is 11.9 Å². The second-order valence-electron chi connectivity index (χ2n) is 22.2. The van der Waals surface area contributed by atoms with Crippen LogP contribution in [0.1, 0.15) is 254 Å². The maximum Gasteiger partial charge on any atom is 0.310 e. The first-order valence-electron chi connectivity index (χ1n) is 25.9. The van der Waals surface area contributed by atoms with Crippen molar-refractivity contribution in [3.05, 3.63) is 0 Å². The topological polar surface area (TPSA) is 140 Å². The molecule has 4 N–H and O–H groups in total. The van der Waals surface area contributed by atoms with Crippen LogP contribution >= 0.6 is 0 Å². The summed E-state index contributed by atoms with van der Waals surface area (Å²) in [4.78, 5) is 38.8. The number of carbonyl (C=O) groups is 2. The molecule has 2 aliphatic heterocycles. The average molecular weight is 881 g/mol. The second kappa shape index (κ2) is 29.4. The van der Waals surface area contributed by atoms with Gasteiger partial charge in [-0.1, -0.05) is 128 Å². The highest BCUT2D eigenvalue weighted by atomic mass is 16.7. The average Bonchev–Trinajstić information content (AvgIpc) is 3.17. The van der Waals surface area contributed by atoms with Gasteiger partial charge in [-0.2, -0.15) is 10.1 Å². The number of hydroxylamine groups is 4. The fourth-order valence-electron chi connectivity index (χ4n) is 11.9. The molecule has 0 aromatic carbocycles. The number of rotatable bonds is 37. The molecule has 2 fully saturated rings. The zero-order valence-electron chi connectivity index (χ0n) is 41.7. The number of carboxylic acids is 2. The summed E-state index contributed by atoms with van der Waals surface area (Å²) < 4.78 is 0. The monoisotopic (exact) mass is 881 g/mol. The number of hydrogen-bond donors (Lipinski definition) is 4. The summed E-state index contributed by atoms with van der Waals surface area (Å²) in [6.07, 6.45) is 31.5. The molecule has 2 rings (SSSR count). The smallest absolute Gasteiger partial charge is 0.310 e. The molecular weight excluding hydrogens is 781 g/mol. The summed E-state index contributed by atoms with van der Waals surface area (Å²) in [6.45, 7) is 20.0. The third-order valence-electron chi connectivity index (χ3n) is 14.6. The van der Waals surface area contributed by atoms with E-state index in [0.717, 1.165) is 103 Å². The third kappa shape index (κ3) is 19.7. The van der Waals surface area contributed by atoms with Gasteiger partial charge >= 0.3 is 11.9 Å². The Morgan fingerprint density at radius 1 is 0.452 bits per heavy atom. The van der Waals surface area contributed by atoms with Gasteiger partial charge in [-0.05, 0) is 131 Å². The van der Waals surface area contributed by atoms with Crippen LogP contribution in [0.15, 0.2) is 0 Å². The van der Waals surface area contributed by atoms with Crippen molar-refractivity contribution in [2.75, 3.05) is 26.4 Å². The van der Waals surface area contributed by atoms with E-state index < -0.39 is 17.4 Å². The summed E-state index contributed by atoms with van der Waals surface area (Å²) in [5, 5.41) is 43.3. The lowest BCUT2D eigenvalue weighted by Crippen LogP contribution is -2.67. The van der Waals surface area contributed by atoms with Crippen LogP contribution in [-0.4, -0.2) is 91.1 Å². The Bertz CT molecular complexity index is 1100. The molecule has 10 nitrogen and oxygen atoms in total. The van der Waals surface area contributed by atoms with E-state index in [2.05, 4.69) is 65.5 Å². The minimum atomic E-state index is -0.917. The Balaban J connectivity index is 2.14. The molecule has 0 radical (unpaired) electrons. The maximum absolute atomic E-state index is 14.3. The van der Waals surface area contributed by atoms with Gasteiger partial charge in [0.2, 0.25) is 0 Å². The van der Waals surface area contributed by atoms with Crippen LogP contribution in [-0.2, 0) is 19.3 Å². The molecule has 0 amide bonds. The number of nitrogens with zero attached hydrogens (tertiary/aromatic N) is 2. The highest BCUT2D eigenvalue weighted by Gasteiger charge is 2.61. The number of aliphatic hydroxyl groups is 2. The van der Waals surface area contributed by atoms with Crippen LogP contribution in [0.5, 0.6) is 0 Å². The van der Waals surface area contributed by atoms with Gasteiger partial charge in [-0.15, -0.1) is 0 Å². The summed E-state index contributed by atoms with van der Waals surface area (Å²) in [7, 11) is 0. The van der Waals surface area contributed by atoms with Crippen LogP contribution in [0.2, 0.25) is 0 Å². The Kier molecular flexibility index (Phi) is 26.9.